The van der Waals surface area contributed by atoms with Gasteiger partial charge in [0.1, 0.15) is 0 Å². The van der Waals surface area contributed by atoms with Crippen LogP contribution in [-0.2, 0) is 0 Å². The summed E-state index contributed by atoms with van der Waals surface area (Å²) in [6.45, 7) is -0.197. The zero-order chi connectivity index (χ0) is 10.7. The number of hydrogen-bond acceptors (Lipinski definition) is 5. The summed E-state index contributed by atoms with van der Waals surface area (Å²) in [5.74, 6) is -0.913. The van der Waals surface area contributed by atoms with E-state index < -0.39 is 16.4 Å². The van der Waals surface area contributed by atoms with Gasteiger partial charge in [-0.15, -0.1) is 0 Å². The molecule has 1 rings (SSSR count). The topological polar surface area (TPSA) is 106 Å². The third kappa shape index (κ3) is 1.86. The van der Waals surface area contributed by atoms with E-state index in [9.17, 15) is 20.0 Å². The van der Waals surface area contributed by atoms with Crippen molar-refractivity contribution in [2.75, 3.05) is 6.54 Å². The Bertz CT molecular complexity index is 389. The van der Waals surface area contributed by atoms with Crippen molar-refractivity contribution in [3.05, 3.63) is 33.9 Å². The molecule has 0 aromatic heterocycles. The Morgan fingerprint density at radius 2 is 2.21 bits per heavy atom. The van der Waals surface area contributed by atoms with Crippen LogP contribution in [0.25, 0.3) is 0 Å². The van der Waals surface area contributed by atoms with Crippen LogP contribution in [0.5, 0.6) is 5.75 Å². The number of phenols is 1. The monoisotopic (exact) mass is 196 g/mol. The second-order valence-electron chi connectivity index (χ2n) is 2.59. The van der Waals surface area contributed by atoms with Crippen LogP contribution in [0.2, 0.25) is 0 Å². The van der Waals surface area contributed by atoms with Crippen molar-refractivity contribution in [3.8, 4) is 5.75 Å². The molecule has 0 amide bonds. The number of nitro benzene ring substituents is 1. The van der Waals surface area contributed by atoms with Crippen molar-refractivity contribution < 1.29 is 14.8 Å². The van der Waals surface area contributed by atoms with E-state index in [-0.39, 0.29) is 17.9 Å². The molecular weight excluding hydrogens is 188 g/mol. The average Bonchev–Trinajstić information content (AvgIpc) is 2.15. The fourth-order valence-electron chi connectivity index (χ4n) is 0.969. The quantitative estimate of drug-likeness (QED) is 0.414. The van der Waals surface area contributed by atoms with E-state index in [1.807, 2.05) is 0 Å². The molecule has 3 N–H and O–H groups in total. The van der Waals surface area contributed by atoms with Crippen LogP contribution in [0, 0.1) is 10.1 Å². The van der Waals surface area contributed by atoms with Gasteiger partial charge in [0.25, 0.3) is 0 Å². The molecule has 0 aliphatic carbocycles. The number of rotatable bonds is 3. The van der Waals surface area contributed by atoms with Gasteiger partial charge in [-0.2, -0.15) is 0 Å². The Kier molecular flexibility index (Phi) is 2.78. The van der Waals surface area contributed by atoms with Gasteiger partial charge >= 0.3 is 5.69 Å². The summed E-state index contributed by atoms with van der Waals surface area (Å²) >= 11 is 0. The lowest BCUT2D eigenvalue weighted by Gasteiger charge is -1.99. The van der Waals surface area contributed by atoms with Crippen molar-refractivity contribution in [2.45, 2.75) is 0 Å². The number of carbonyl (C=O) groups is 1. The van der Waals surface area contributed by atoms with Crippen molar-refractivity contribution in [1.82, 2.24) is 0 Å². The summed E-state index contributed by atoms with van der Waals surface area (Å²) in [5, 5.41) is 19.5. The van der Waals surface area contributed by atoms with Gasteiger partial charge in [0.2, 0.25) is 0 Å². The van der Waals surface area contributed by atoms with Gasteiger partial charge in [0.05, 0.1) is 11.5 Å². The molecular formula is C8H8N2O4. The normalized spacial score (nSPS) is 9.79. The fourth-order valence-corrected chi connectivity index (χ4v) is 0.969. The molecule has 0 radical (unpaired) electrons. The lowest BCUT2D eigenvalue weighted by atomic mass is 10.1. The highest BCUT2D eigenvalue weighted by Gasteiger charge is 2.14. The number of aromatic hydroxyl groups is 1. The standard InChI is InChI=1S/C8H8N2O4/c9-4-8(12)5-1-2-6(10(13)14)7(11)3-5/h1-3,11H,4,9H2. The van der Waals surface area contributed by atoms with Gasteiger partial charge in [-0.05, 0) is 12.1 Å². The van der Waals surface area contributed by atoms with E-state index in [1.54, 1.807) is 0 Å². The molecule has 14 heavy (non-hydrogen) atoms. The Morgan fingerprint density at radius 1 is 1.57 bits per heavy atom. The summed E-state index contributed by atoms with van der Waals surface area (Å²) in [7, 11) is 0. The van der Waals surface area contributed by atoms with Gasteiger partial charge < -0.3 is 10.8 Å². The fraction of sp³-hybridized carbons (Fsp3) is 0.125. The minimum absolute atomic E-state index is 0.163. The molecule has 0 atom stereocenters. The summed E-state index contributed by atoms with van der Waals surface area (Å²) in [5.41, 5.74) is 4.82. The Hall–Kier alpha value is -1.95. The van der Waals surface area contributed by atoms with Crippen LogP contribution in [0.4, 0.5) is 5.69 Å². The first-order valence-electron chi connectivity index (χ1n) is 3.77. The van der Waals surface area contributed by atoms with E-state index in [0.717, 1.165) is 12.1 Å². The Morgan fingerprint density at radius 3 is 2.64 bits per heavy atom. The van der Waals surface area contributed by atoms with E-state index in [2.05, 4.69) is 0 Å². The zero-order valence-corrected chi connectivity index (χ0v) is 7.14. The molecule has 1 aromatic rings. The van der Waals surface area contributed by atoms with Crippen LogP contribution in [0.15, 0.2) is 18.2 Å². The molecule has 74 valence electrons. The minimum atomic E-state index is -0.730. The summed E-state index contributed by atoms with van der Waals surface area (Å²) in [4.78, 5) is 20.6. The van der Waals surface area contributed by atoms with Crippen molar-refractivity contribution in [1.29, 1.82) is 0 Å². The molecule has 0 unspecified atom stereocenters. The number of hydrogen-bond donors (Lipinski definition) is 2. The number of nitro groups is 1. The van der Waals surface area contributed by atoms with Crippen LogP contribution < -0.4 is 5.73 Å². The highest BCUT2D eigenvalue weighted by atomic mass is 16.6. The van der Waals surface area contributed by atoms with Gasteiger partial charge in [0.15, 0.2) is 11.5 Å². The largest absolute Gasteiger partial charge is 0.502 e. The van der Waals surface area contributed by atoms with Gasteiger partial charge in [-0.1, -0.05) is 0 Å². The maximum absolute atomic E-state index is 11.0. The molecule has 0 heterocycles. The van der Waals surface area contributed by atoms with Crippen LogP contribution in [0.1, 0.15) is 10.4 Å². The molecule has 1 aromatic carbocycles. The van der Waals surface area contributed by atoms with Crippen molar-refractivity contribution >= 4 is 11.5 Å². The van der Waals surface area contributed by atoms with Crippen LogP contribution in [-0.4, -0.2) is 22.4 Å². The van der Waals surface area contributed by atoms with E-state index >= 15 is 0 Å². The van der Waals surface area contributed by atoms with Crippen LogP contribution in [0.3, 0.4) is 0 Å². The Balaban J connectivity index is 3.12. The second-order valence-corrected chi connectivity index (χ2v) is 2.59. The maximum Gasteiger partial charge on any atom is 0.310 e. The lowest BCUT2D eigenvalue weighted by Crippen LogP contribution is -2.13. The number of carbonyl (C=O) groups excluding carboxylic acids is 1. The molecule has 0 spiro atoms. The van der Waals surface area contributed by atoms with Gasteiger partial charge in [0, 0.05) is 11.6 Å². The zero-order valence-electron chi connectivity index (χ0n) is 7.14. The average molecular weight is 196 g/mol. The van der Waals surface area contributed by atoms with E-state index in [1.165, 1.54) is 6.07 Å². The predicted octanol–water partition coefficient (Wildman–Crippen LogP) is 0.442. The van der Waals surface area contributed by atoms with Gasteiger partial charge in [-0.25, -0.2) is 0 Å². The van der Waals surface area contributed by atoms with Crippen LogP contribution >= 0.6 is 0 Å². The number of ketones is 1. The number of nitrogens with two attached hydrogens (primary N) is 1. The number of phenolic OH excluding ortho intramolecular Hbond substituents is 1. The predicted molar refractivity (Wildman–Crippen MR) is 48.1 cm³/mol. The minimum Gasteiger partial charge on any atom is -0.502 e. The molecule has 0 aliphatic heterocycles. The SMILES string of the molecule is NCC(=O)c1ccc([N+](=O)[O-])c(O)c1. The first-order valence-corrected chi connectivity index (χ1v) is 3.77. The maximum atomic E-state index is 11.0. The summed E-state index contributed by atoms with van der Waals surface area (Å²) in [6.07, 6.45) is 0. The molecule has 0 saturated heterocycles. The van der Waals surface area contributed by atoms with E-state index in [0.29, 0.717) is 0 Å². The van der Waals surface area contributed by atoms with E-state index in [4.69, 9.17) is 5.73 Å². The Labute approximate surface area is 79.1 Å². The summed E-state index contributed by atoms with van der Waals surface area (Å²) < 4.78 is 0. The molecule has 0 aliphatic rings. The van der Waals surface area contributed by atoms with Crippen molar-refractivity contribution in [3.63, 3.8) is 0 Å². The molecule has 6 heteroatoms. The molecule has 6 nitrogen and oxygen atoms in total. The third-order valence-corrected chi connectivity index (χ3v) is 1.68. The smallest absolute Gasteiger partial charge is 0.310 e. The lowest BCUT2D eigenvalue weighted by molar-refractivity contribution is -0.385. The summed E-state index contributed by atoms with van der Waals surface area (Å²) in [6, 6.07) is 3.36. The first kappa shape index (κ1) is 10.1. The number of nitrogens with zero attached hydrogens (tertiary/aromatic N) is 1. The first-order chi connectivity index (χ1) is 6.56. The molecule has 0 fully saturated rings. The molecule has 0 bridgehead atoms. The van der Waals surface area contributed by atoms with Gasteiger partial charge in [-0.3, -0.25) is 14.9 Å². The van der Waals surface area contributed by atoms with Crippen molar-refractivity contribution in [2.24, 2.45) is 5.73 Å². The molecule has 0 saturated carbocycles. The number of benzene rings is 1. The number of Topliss-reactive ketones (excluding diaryl/α,β-unsaturated/α-hetero) is 1. The highest BCUT2D eigenvalue weighted by molar-refractivity contribution is 5.98. The second kappa shape index (κ2) is 3.84. The highest BCUT2D eigenvalue weighted by Crippen LogP contribution is 2.26. The third-order valence-electron chi connectivity index (χ3n) is 1.68.